The first kappa shape index (κ1) is 14.0. The molecule has 2 heterocycles. The van der Waals surface area contributed by atoms with Crippen LogP contribution in [0.1, 0.15) is 28.9 Å². The minimum absolute atomic E-state index is 0.00515. The molecule has 2 aromatic heterocycles. The number of pyridine rings is 1. The van der Waals surface area contributed by atoms with E-state index in [9.17, 15) is 9.59 Å². The SMILES string of the molecule is C[C@@H](NC(=O)c1cc2ccccc2oc1=O)c1cccnc1. The molecule has 0 radical (unpaired) electrons. The van der Waals surface area contributed by atoms with E-state index in [4.69, 9.17) is 4.42 Å². The minimum Gasteiger partial charge on any atom is -0.422 e. The number of carbonyl (C=O) groups excluding carboxylic acids is 1. The molecule has 0 aliphatic rings. The van der Waals surface area contributed by atoms with Crippen LogP contribution >= 0.6 is 0 Å². The highest BCUT2D eigenvalue weighted by Crippen LogP contribution is 2.14. The number of nitrogens with zero attached hydrogens (tertiary/aromatic N) is 1. The zero-order chi connectivity index (χ0) is 15.5. The summed E-state index contributed by atoms with van der Waals surface area (Å²) in [6, 6.07) is 12.0. The lowest BCUT2D eigenvalue weighted by Crippen LogP contribution is -2.30. The van der Waals surface area contributed by atoms with Crippen LogP contribution in [0.4, 0.5) is 0 Å². The van der Waals surface area contributed by atoms with Crippen molar-refractivity contribution in [3.05, 3.63) is 76.4 Å². The molecule has 1 aromatic carbocycles. The Morgan fingerprint density at radius 2 is 2.05 bits per heavy atom. The molecule has 5 nitrogen and oxygen atoms in total. The van der Waals surface area contributed by atoms with Gasteiger partial charge >= 0.3 is 5.63 Å². The van der Waals surface area contributed by atoms with Crippen molar-refractivity contribution in [2.45, 2.75) is 13.0 Å². The van der Waals surface area contributed by atoms with Crippen LogP contribution in [0.5, 0.6) is 0 Å². The molecule has 3 aromatic rings. The van der Waals surface area contributed by atoms with Gasteiger partial charge in [0.05, 0.1) is 6.04 Å². The van der Waals surface area contributed by atoms with Crippen molar-refractivity contribution in [2.24, 2.45) is 0 Å². The number of amides is 1. The molecule has 0 aliphatic heterocycles. The van der Waals surface area contributed by atoms with Gasteiger partial charge in [-0.25, -0.2) is 4.79 Å². The Morgan fingerprint density at radius 1 is 1.23 bits per heavy atom. The van der Waals surface area contributed by atoms with E-state index < -0.39 is 11.5 Å². The lowest BCUT2D eigenvalue weighted by atomic mass is 10.1. The maximum atomic E-state index is 12.3. The zero-order valence-corrected chi connectivity index (χ0v) is 11.9. The van der Waals surface area contributed by atoms with Gasteiger partial charge in [0.15, 0.2) is 0 Å². The predicted molar refractivity (Wildman–Crippen MR) is 82.6 cm³/mol. The highest BCUT2D eigenvalue weighted by atomic mass is 16.4. The summed E-state index contributed by atoms with van der Waals surface area (Å²) in [6.07, 6.45) is 3.34. The molecule has 5 heteroatoms. The zero-order valence-electron chi connectivity index (χ0n) is 11.9. The number of benzene rings is 1. The van der Waals surface area contributed by atoms with E-state index >= 15 is 0 Å². The number of carbonyl (C=O) groups is 1. The van der Waals surface area contributed by atoms with Gasteiger partial charge < -0.3 is 9.73 Å². The van der Waals surface area contributed by atoms with Gasteiger partial charge in [0.2, 0.25) is 0 Å². The Balaban J connectivity index is 1.89. The van der Waals surface area contributed by atoms with E-state index in [1.807, 2.05) is 19.1 Å². The van der Waals surface area contributed by atoms with Crippen LogP contribution in [0.3, 0.4) is 0 Å². The van der Waals surface area contributed by atoms with Gasteiger partial charge in [-0.3, -0.25) is 9.78 Å². The summed E-state index contributed by atoms with van der Waals surface area (Å²) in [6.45, 7) is 1.83. The van der Waals surface area contributed by atoms with Crippen LogP contribution in [-0.4, -0.2) is 10.9 Å². The third-order valence-electron chi connectivity index (χ3n) is 3.42. The van der Waals surface area contributed by atoms with Crippen molar-refractivity contribution in [3.8, 4) is 0 Å². The topological polar surface area (TPSA) is 72.2 Å². The highest BCUT2D eigenvalue weighted by Gasteiger charge is 2.16. The number of fused-ring (bicyclic) bond motifs is 1. The molecule has 110 valence electrons. The van der Waals surface area contributed by atoms with E-state index in [0.29, 0.717) is 11.0 Å². The highest BCUT2D eigenvalue weighted by molar-refractivity contribution is 5.96. The van der Waals surface area contributed by atoms with Crippen LogP contribution in [0.2, 0.25) is 0 Å². The smallest absolute Gasteiger partial charge is 0.349 e. The van der Waals surface area contributed by atoms with Gasteiger partial charge in [0.1, 0.15) is 11.1 Å². The molecule has 0 saturated carbocycles. The average molecular weight is 294 g/mol. The molecule has 1 amide bonds. The number of hydrogen-bond donors (Lipinski definition) is 1. The van der Waals surface area contributed by atoms with Crippen molar-refractivity contribution < 1.29 is 9.21 Å². The monoisotopic (exact) mass is 294 g/mol. The summed E-state index contributed by atoms with van der Waals surface area (Å²) in [5.74, 6) is -0.462. The summed E-state index contributed by atoms with van der Waals surface area (Å²) in [7, 11) is 0. The molecule has 0 spiro atoms. The molecular formula is C17H14N2O3. The molecular weight excluding hydrogens is 280 g/mol. The Kier molecular flexibility index (Phi) is 3.70. The second kappa shape index (κ2) is 5.81. The molecule has 22 heavy (non-hydrogen) atoms. The van der Waals surface area contributed by atoms with Crippen LogP contribution in [-0.2, 0) is 0 Å². The minimum atomic E-state index is -0.644. The van der Waals surface area contributed by atoms with E-state index in [2.05, 4.69) is 10.3 Å². The fraction of sp³-hybridized carbons (Fsp3) is 0.118. The molecule has 1 atom stereocenters. The van der Waals surface area contributed by atoms with Gasteiger partial charge in [-0.2, -0.15) is 0 Å². The van der Waals surface area contributed by atoms with Crippen molar-refractivity contribution in [1.82, 2.24) is 10.3 Å². The number of hydrogen-bond acceptors (Lipinski definition) is 4. The summed E-state index contributed by atoms with van der Waals surface area (Å²) in [5, 5.41) is 3.49. The fourth-order valence-electron chi connectivity index (χ4n) is 2.21. The second-order valence-electron chi connectivity index (χ2n) is 4.97. The molecule has 0 fully saturated rings. The van der Waals surface area contributed by atoms with Crippen molar-refractivity contribution >= 4 is 16.9 Å². The van der Waals surface area contributed by atoms with Gasteiger partial charge in [0.25, 0.3) is 5.91 Å². The lowest BCUT2D eigenvalue weighted by Gasteiger charge is -2.13. The van der Waals surface area contributed by atoms with Crippen LogP contribution in [0.15, 0.2) is 64.1 Å². The first-order valence-corrected chi connectivity index (χ1v) is 6.89. The maximum Gasteiger partial charge on any atom is 0.349 e. The van der Waals surface area contributed by atoms with Crippen molar-refractivity contribution in [3.63, 3.8) is 0 Å². The molecule has 0 aliphatic carbocycles. The Hall–Kier alpha value is -2.95. The molecule has 0 unspecified atom stereocenters. The number of para-hydroxylation sites is 1. The van der Waals surface area contributed by atoms with Crippen LogP contribution in [0.25, 0.3) is 11.0 Å². The first-order valence-electron chi connectivity index (χ1n) is 6.89. The second-order valence-corrected chi connectivity index (χ2v) is 4.97. The van der Waals surface area contributed by atoms with E-state index in [1.165, 1.54) is 0 Å². The number of nitrogens with one attached hydrogen (secondary N) is 1. The van der Waals surface area contributed by atoms with Gasteiger partial charge in [0, 0.05) is 17.8 Å². The maximum absolute atomic E-state index is 12.3. The summed E-state index contributed by atoms with van der Waals surface area (Å²) >= 11 is 0. The van der Waals surface area contributed by atoms with Crippen LogP contribution in [0, 0.1) is 0 Å². The first-order chi connectivity index (χ1) is 10.6. The third-order valence-corrected chi connectivity index (χ3v) is 3.42. The van der Waals surface area contributed by atoms with E-state index in [-0.39, 0.29) is 11.6 Å². The largest absolute Gasteiger partial charge is 0.422 e. The Labute approximate surface area is 126 Å². The average Bonchev–Trinajstić information content (AvgIpc) is 2.54. The third kappa shape index (κ3) is 2.74. The molecule has 0 bridgehead atoms. The Bertz CT molecular complexity index is 872. The predicted octanol–water partition coefficient (Wildman–Crippen LogP) is 2.68. The molecule has 1 N–H and O–H groups in total. The van der Waals surface area contributed by atoms with E-state index in [0.717, 1.165) is 5.56 Å². The number of aromatic nitrogens is 1. The quantitative estimate of drug-likeness (QED) is 0.754. The standard InChI is InChI=1S/C17H14N2O3/c1-11(13-6-4-8-18-10-13)19-16(20)14-9-12-5-2-3-7-15(12)22-17(14)21/h2-11H,1H3,(H,19,20)/t11-/m1/s1. The van der Waals surface area contributed by atoms with E-state index in [1.54, 1.807) is 42.7 Å². The Morgan fingerprint density at radius 3 is 2.82 bits per heavy atom. The molecule has 3 rings (SSSR count). The summed E-state index contributed by atoms with van der Waals surface area (Å²) < 4.78 is 5.17. The number of rotatable bonds is 3. The lowest BCUT2D eigenvalue weighted by molar-refractivity contribution is 0.0936. The van der Waals surface area contributed by atoms with Gasteiger partial charge in [-0.05, 0) is 30.7 Å². The van der Waals surface area contributed by atoms with Gasteiger partial charge in [-0.15, -0.1) is 0 Å². The van der Waals surface area contributed by atoms with Crippen molar-refractivity contribution in [1.29, 1.82) is 0 Å². The summed E-state index contributed by atoms with van der Waals surface area (Å²) in [5.41, 5.74) is 0.675. The normalized spacial score (nSPS) is 12.0. The molecule has 0 saturated heterocycles. The van der Waals surface area contributed by atoms with Gasteiger partial charge in [-0.1, -0.05) is 24.3 Å². The van der Waals surface area contributed by atoms with Crippen molar-refractivity contribution in [2.75, 3.05) is 0 Å². The summed E-state index contributed by atoms with van der Waals surface area (Å²) in [4.78, 5) is 28.3. The van der Waals surface area contributed by atoms with Crippen LogP contribution < -0.4 is 10.9 Å². The fourth-order valence-corrected chi connectivity index (χ4v) is 2.21.